The van der Waals surface area contributed by atoms with Gasteiger partial charge in [0, 0.05) is 11.4 Å². The highest BCUT2D eigenvalue weighted by molar-refractivity contribution is 5.96. The van der Waals surface area contributed by atoms with Gasteiger partial charge in [-0.3, -0.25) is 4.79 Å². The van der Waals surface area contributed by atoms with Crippen LogP contribution < -0.4 is 15.4 Å². The molecule has 0 aliphatic rings. The van der Waals surface area contributed by atoms with Crippen molar-refractivity contribution in [2.24, 2.45) is 0 Å². The van der Waals surface area contributed by atoms with E-state index >= 15 is 0 Å². The van der Waals surface area contributed by atoms with Gasteiger partial charge in [0.25, 0.3) is 0 Å². The molecule has 1 atom stereocenters. The fourth-order valence-electron chi connectivity index (χ4n) is 2.63. The van der Waals surface area contributed by atoms with Crippen molar-refractivity contribution in [1.82, 2.24) is 0 Å². The van der Waals surface area contributed by atoms with Crippen LogP contribution in [-0.4, -0.2) is 11.9 Å². The Bertz CT molecular complexity index is 1090. The number of nitrogens with zero attached hydrogens (tertiary/aromatic N) is 2. The van der Waals surface area contributed by atoms with Gasteiger partial charge in [-0.25, -0.2) is 0 Å². The molecule has 0 aliphatic carbocycles. The number of rotatable bonds is 6. The summed E-state index contributed by atoms with van der Waals surface area (Å²) in [6.45, 7) is 1.75. The molecule has 3 aromatic carbocycles. The van der Waals surface area contributed by atoms with E-state index in [2.05, 4.69) is 16.7 Å². The monoisotopic (exact) mass is 382 g/mol. The molecule has 0 saturated carbocycles. The van der Waals surface area contributed by atoms with Crippen molar-refractivity contribution in [1.29, 1.82) is 10.5 Å². The Morgan fingerprint density at radius 2 is 1.69 bits per heavy atom. The standard InChI is InChI=1S/C23H18N4O2/c1-16(23(28)27-20-7-4-5-17(13-20)14-24)26-19-9-11-21(12-10-19)29-22-8-3-2-6-18(22)15-25/h2-13,16,26H,1H3,(H,27,28). The van der Waals surface area contributed by atoms with Crippen LogP contribution in [0.5, 0.6) is 11.5 Å². The van der Waals surface area contributed by atoms with Gasteiger partial charge in [0.1, 0.15) is 23.6 Å². The van der Waals surface area contributed by atoms with Crippen molar-refractivity contribution in [2.45, 2.75) is 13.0 Å². The number of nitriles is 2. The molecular weight excluding hydrogens is 364 g/mol. The SMILES string of the molecule is CC(Nc1ccc(Oc2ccccc2C#N)cc1)C(=O)Nc1cccc(C#N)c1. The number of benzene rings is 3. The van der Waals surface area contributed by atoms with E-state index in [1.165, 1.54) is 0 Å². The van der Waals surface area contributed by atoms with Gasteiger partial charge in [-0.05, 0) is 61.5 Å². The van der Waals surface area contributed by atoms with Crippen LogP contribution >= 0.6 is 0 Å². The number of para-hydroxylation sites is 1. The number of nitrogens with one attached hydrogen (secondary N) is 2. The van der Waals surface area contributed by atoms with Gasteiger partial charge in [-0.15, -0.1) is 0 Å². The zero-order chi connectivity index (χ0) is 20.6. The van der Waals surface area contributed by atoms with E-state index in [1.807, 2.05) is 6.07 Å². The molecule has 29 heavy (non-hydrogen) atoms. The van der Waals surface area contributed by atoms with E-state index in [0.717, 1.165) is 5.69 Å². The van der Waals surface area contributed by atoms with Crippen molar-refractivity contribution in [3.8, 4) is 23.6 Å². The Labute approximate surface area is 169 Å². The number of amides is 1. The summed E-state index contributed by atoms with van der Waals surface area (Å²) in [7, 11) is 0. The molecule has 2 N–H and O–H groups in total. The molecule has 3 aromatic rings. The number of hydrogen-bond acceptors (Lipinski definition) is 5. The minimum atomic E-state index is -0.494. The first kappa shape index (κ1) is 19.5. The Kier molecular flexibility index (Phi) is 6.09. The quantitative estimate of drug-likeness (QED) is 0.646. The van der Waals surface area contributed by atoms with Crippen LogP contribution in [0.25, 0.3) is 0 Å². The lowest BCUT2D eigenvalue weighted by atomic mass is 10.2. The summed E-state index contributed by atoms with van der Waals surface area (Å²) in [4.78, 5) is 12.4. The van der Waals surface area contributed by atoms with E-state index in [4.69, 9.17) is 15.3 Å². The Morgan fingerprint density at radius 1 is 0.931 bits per heavy atom. The van der Waals surface area contributed by atoms with E-state index in [0.29, 0.717) is 28.3 Å². The molecule has 3 rings (SSSR count). The van der Waals surface area contributed by atoms with Crippen LogP contribution in [0.1, 0.15) is 18.1 Å². The number of ether oxygens (including phenoxy) is 1. The number of carbonyl (C=O) groups excluding carboxylic acids is 1. The predicted octanol–water partition coefficient (Wildman–Crippen LogP) is 4.66. The first-order chi connectivity index (χ1) is 14.1. The van der Waals surface area contributed by atoms with Crippen LogP contribution in [0, 0.1) is 22.7 Å². The Morgan fingerprint density at radius 3 is 2.41 bits per heavy atom. The largest absolute Gasteiger partial charge is 0.456 e. The molecule has 0 fully saturated rings. The van der Waals surface area contributed by atoms with E-state index < -0.39 is 6.04 Å². The summed E-state index contributed by atoms with van der Waals surface area (Å²) < 4.78 is 5.75. The number of anilines is 2. The second-order valence-electron chi connectivity index (χ2n) is 6.28. The molecular formula is C23H18N4O2. The maximum atomic E-state index is 12.4. The van der Waals surface area contributed by atoms with Crippen LogP contribution in [-0.2, 0) is 4.79 Å². The Hall–Kier alpha value is -4.29. The first-order valence-corrected chi connectivity index (χ1v) is 8.93. The second kappa shape index (κ2) is 9.07. The minimum Gasteiger partial charge on any atom is -0.456 e. The lowest BCUT2D eigenvalue weighted by Gasteiger charge is -2.16. The van der Waals surface area contributed by atoms with Crippen LogP contribution in [0.4, 0.5) is 11.4 Å². The van der Waals surface area contributed by atoms with Crippen molar-refractivity contribution < 1.29 is 9.53 Å². The highest BCUT2D eigenvalue weighted by Gasteiger charge is 2.13. The average Bonchev–Trinajstić information content (AvgIpc) is 2.75. The third-order valence-electron chi connectivity index (χ3n) is 4.13. The fourth-order valence-corrected chi connectivity index (χ4v) is 2.63. The molecule has 142 valence electrons. The minimum absolute atomic E-state index is 0.219. The zero-order valence-electron chi connectivity index (χ0n) is 15.7. The highest BCUT2D eigenvalue weighted by Crippen LogP contribution is 2.26. The van der Waals surface area contributed by atoms with Gasteiger partial charge in [-0.2, -0.15) is 10.5 Å². The summed E-state index contributed by atoms with van der Waals surface area (Å²) in [5, 5.41) is 24.0. The lowest BCUT2D eigenvalue weighted by molar-refractivity contribution is -0.116. The maximum Gasteiger partial charge on any atom is 0.246 e. The lowest BCUT2D eigenvalue weighted by Crippen LogP contribution is -2.31. The smallest absolute Gasteiger partial charge is 0.246 e. The normalized spacial score (nSPS) is 10.9. The third kappa shape index (κ3) is 5.12. The molecule has 6 nitrogen and oxygen atoms in total. The summed E-state index contributed by atoms with van der Waals surface area (Å²) in [6.07, 6.45) is 0. The van der Waals surface area contributed by atoms with E-state index in [1.54, 1.807) is 79.7 Å². The summed E-state index contributed by atoms with van der Waals surface area (Å²) in [5.41, 5.74) is 2.26. The molecule has 0 heterocycles. The predicted molar refractivity (Wildman–Crippen MR) is 111 cm³/mol. The summed E-state index contributed by atoms with van der Waals surface area (Å²) in [6, 6.07) is 24.5. The van der Waals surface area contributed by atoms with Gasteiger partial charge in [0.05, 0.1) is 17.2 Å². The average molecular weight is 382 g/mol. The van der Waals surface area contributed by atoms with Crippen molar-refractivity contribution >= 4 is 17.3 Å². The third-order valence-corrected chi connectivity index (χ3v) is 4.13. The molecule has 1 amide bonds. The van der Waals surface area contributed by atoms with Gasteiger partial charge in [0.2, 0.25) is 5.91 Å². The van der Waals surface area contributed by atoms with Crippen LogP contribution in [0.15, 0.2) is 72.8 Å². The van der Waals surface area contributed by atoms with E-state index in [-0.39, 0.29) is 5.91 Å². The highest BCUT2D eigenvalue weighted by atomic mass is 16.5. The molecule has 0 radical (unpaired) electrons. The number of carbonyl (C=O) groups is 1. The van der Waals surface area contributed by atoms with Crippen molar-refractivity contribution in [3.05, 3.63) is 83.9 Å². The summed E-state index contributed by atoms with van der Waals surface area (Å²) >= 11 is 0. The summed E-state index contributed by atoms with van der Waals surface area (Å²) in [5.74, 6) is 0.857. The second-order valence-corrected chi connectivity index (χ2v) is 6.28. The molecule has 0 bridgehead atoms. The van der Waals surface area contributed by atoms with Crippen molar-refractivity contribution in [3.63, 3.8) is 0 Å². The first-order valence-electron chi connectivity index (χ1n) is 8.93. The molecule has 6 heteroatoms. The zero-order valence-corrected chi connectivity index (χ0v) is 15.7. The van der Waals surface area contributed by atoms with Gasteiger partial charge in [0.15, 0.2) is 0 Å². The van der Waals surface area contributed by atoms with Gasteiger partial charge < -0.3 is 15.4 Å². The topological polar surface area (TPSA) is 97.9 Å². The maximum absolute atomic E-state index is 12.4. The molecule has 0 spiro atoms. The number of hydrogen-bond donors (Lipinski definition) is 2. The van der Waals surface area contributed by atoms with Gasteiger partial charge in [-0.1, -0.05) is 18.2 Å². The van der Waals surface area contributed by atoms with Crippen LogP contribution in [0.3, 0.4) is 0 Å². The fraction of sp³-hybridized carbons (Fsp3) is 0.0870. The molecule has 1 unspecified atom stereocenters. The molecule has 0 aromatic heterocycles. The molecule has 0 aliphatic heterocycles. The van der Waals surface area contributed by atoms with Gasteiger partial charge >= 0.3 is 0 Å². The van der Waals surface area contributed by atoms with Crippen molar-refractivity contribution in [2.75, 3.05) is 10.6 Å². The molecule has 0 saturated heterocycles. The van der Waals surface area contributed by atoms with Crippen LogP contribution in [0.2, 0.25) is 0 Å². The Balaban J connectivity index is 1.61. The van der Waals surface area contributed by atoms with E-state index in [9.17, 15) is 4.79 Å².